The monoisotopic (exact) mass is 356 g/mol. The minimum absolute atomic E-state index is 0.0569. The van der Waals surface area contributed by atoms with Gasteiger partial charge < -0.3 is 15.4 Å². The molecule has 0 aliphatic rings. The van der Waals surface area contributed by atoms with Crippen LogP contribution in [0.25, 0.3) is 10.8 Å². The second kappa shape index (κ2) is 8.70. The molecular formula is C21H28N2O3. The zero-order valence-electron chi connectivity index (χ0n) is 16.1. The van der Waals surface area contributed by atoms with Crippen molar-refractivity contribution in [2.45, 2.75) is 52.8 Å². The van der Waals surface area contributed by atoms with Gasteiger partial charge in [0, 0.05) is 0 Å². The van der Waals surface area contributed by atoms with Crippen molar-refractivity contribution >= 4 is 22.8 Å². The molecular weight excluding hydrogens is 328 g/mol. The first kappa shape index (κ1) is 19.8. The van der Waals surface area contributed by atoms with Crippen molar-refractivity contribution in [2.75, 3.05) is 0 Å². The molecule has 0 saturated heterocycles. The third-order valence-corrected chi connectivity index (χ3v) is 4.20. The molecule has 0 aliphatic carbocycles. The van der Waals surface area contributed by atoms with Crippen molar-refractivity contribution in [3.05, 3.63) is 48.0 Å². The van der Waals surface area contributed by atoms with Crippen molar-refractivity contribution in [3.8, 4) is 0 Å². The van der Waals surface area contributed by atoms with Gasteiger partial charge in [0.1, 0.15) is 6.04 Å². The third-order valence-electron chi connectivity index (χ3n) is 4.20. The maximum Gasteiger partial charge on any atom is 0.408 e. The first-order chi connectivity index (χ1) is 12.3. The molecule has 2 aromatic carbocycles. The van der Waals surface area contributed by atoms with Crippen molar-refractivity contribution in [1.29, 1.82) is 0 Å². The molecule has 0 saturated carbocycles. The van der Waals surface area contributed by atoms with E-state index in [1.54, 1.807) is 13.8 Å². The fourth-order valence-corrected chi connectivity index (χ4v) is 2.77. The molecule has 5 nitrogen and oxygen atoms in total. The zero-order valence-corrected chi connectivity index (χ0v) is 16.1. The molecule has 2 amide bonds. The minimum atomic E-state index is -0.649. The summed E-state index contributed by atoms with van der Waals surface area (Å²) in [6.45, 7) is 9.25. The summed E-state index contributed by atoms with van der Waals surface area (Å²) in [7, 11) is 0. The second-order valence-corrected chi connectivity index (χ2v) is 7.16. The van der Waals surface area contributed by atoms with Gasteiger partial charge in [-0.15, -0.1) is 0 Å². The van der Waals surface area contributed by atoms with Gasteiger partial charge in [-0.3, -0.25) is 4.79 Å². The average molecular weight is 356 g/mol. The molecule has 2 rings (SSSR count). The quantitative estimate of drug-likeness (QED) is 0.816. The Bertz CT molecular complexity index is 771. The fraction of sp³-hybridized carbons (Fsp3) is 0.429. The van der Waals surface area contributed by atoms with E-state index < -0.39 is 12.1 Å². The molecule has 0 unspecified atom stereocenters. The number of benzene rings is 2. The Morgan fingerprint density at radius 3 is 2.15 bits per heavy atom. The largest absolute Gasteiger partial charge is 0.447 e. The second-order valence-electron chi connectivity index (χ2n) is 7.16. The smallest absolute Gasteiger partial charge is 0.408 e. The predicted molar refractivity (Wildman–Crippen MR) is 104 cm³/mol. The van der Waals surface area contributed by atoms with E-state index in [4.69, 9.17) is 4.74 Å². The number of carbonyl (C=O) groups is 2. The van der Waals surface area contributed by atoms with Crippen molar-refractivity contribution < 1.29 is 14.3 Å². The van der Waals surface area contributed by atoms with Crippen molar-refractivity contribution in [1.82, 2.24) is 10.6 Å². The summed E-state index contributed by atoms with van der Waals surface area (Å²) in [5.74, 6) is -0.278. The molecule has 26 heavy (non-hydrogen) atoms. The van der Waals surface area contributed by atoms with Gasteiger partial charge in [-0.1, -0.05) is 50.2 Å². The molecule has 0 heterocycles. The van der Waals surface area contributed by atoms with Gasteiger partial charge in [0.25, 0.3) is 0 Å². The van der Waals surface area contributed by atoms with Crippen LogP contribution in [0.2, 0.25) is 0 Å². The number of fused-ring (bicyclic) bond motifs is 1. The zero-order chi connectivity index (χ0) is 19.3. The highest BCUT2D eigenvalue weighted by atomic mass is 16.6. The van der Waals surface area contributed by atoms with Crippen molar-refractivity contribution in [3.63, 3.8) is 0 Å². The maximum atomic E-state index is 12.7. The molecule has 2 aromatic rings. The summed E-state index contributed by atoms with van der Waals surface area (Å²) >= 11 is 0. The summed E-state index contributed by atoms with van der Waals surface area (Å²) in [5.41, 5.74) is 1.02. The molecule has 0 fully saturated rings. The van der Waals surface area contributed by atoms with Crippen LogP contribution in [-0.4, -0.2) is 24.1 Å². The highest BCUT2D eigenvalue weighted by Crippen LogP contribution is 2.20. The summed E-state index contributed by atoms with van der Waals surface area (Å²) in [6, 6.07) is 13.4. The molecule has 0 aliphatic heterocycles. The molecule has 2 atom stereocenters. The van der Waals surface area contributed by atoms with Crippen LogP contribution >= 0.6 is 0 Å². The number of ether oxygens (including phenoxy) is 1. The molecule has 140 valence electrons. The van der Waals surface area contributed by atoms with E-state index in [0.29, 0.717) is 0 Å². The number of amides is 2. The number of alkyl carbamates (subject to hydrolysis) is 1. The fourth-order valence-electron chi connectivity index (χ4n) is 2.77. The van der Waals surface area contributed by atoms with E-state index in [0.717, 1.165) is 16.3 Å². The molecule has 5 heteroatoms. The van der Waals surface area contributed by atoms with Gasteiger partial charge in [-0.05, 0) is 49.1 Å². The maximum absolute atomic E-state index is 12.7. The summed E-state index contributed by atoms with van der Waals surface area (Å²) < 4.78 is 5.09. The van der Waals surface area contributed by atoms with Gasteiger partial charge in [-0.2, -0.15) is 0 Å². The van der Waals surface area contributed by atoms with Crippen LogP contribution in [0.15, 0.2) is 42.5 Å². The number of carbonyl (C=O) groups excluding carboxylic acids is 2. The normalized spacial score (nSPS) is 13.5. The highest BCUT2D eigenvalue weighted by Gasteiger charge is 2.26. The lowest BCUT2D eigenvalue weighted by atomic mass is 10.0. The third kappa shape index (κ3) is 5.22. The Labute approximate surface area is 155 Å². The molecule has 0 aromatic heterocycles. The SMILES string of the molecule is CC(C)OC(=O)N[C@H](C(=O)N[C@H](C)c1ccc2ccccc2c1)C(C)C. The van der Waals surface area contributed by atoms with Gasteiger partial charge >= 0.3 is 6.09 Å². The van der Waals surface area contributed by atoms with Crippen LogP contribution in [0.1, 0.15) is 46.2 Å². The molecule has 2 N–H and O–H groups in total. The van der Waals surface area contributed by atoms with E-state index in [1.807, 2.05) is 51.1 Å². The number of nitrogens with one attached hydrogen (secondary N) is 2. The van der Waals surface area contributed by atoms with E-state index in [1.165, 1.54) is 0 Å². The Morgan fingerprint density at radius 1 is 0.885 bits per heavy atom. The number of rotatable bonds is 6. The number of hydrogen-bond donors (Lipinski definition) is 2. The topological polar surface area (TPSA) is 67.4 Å². The summed E-state index contributed by atoms with van der Waals surface area (Å²) in [4.78, 5) is 24.5. The molecule has 0 spiro atoms. The Kier molecular flexibility index (Phi) is 6.61. The van der Waals surface area contributed by atoms with E-state index in [2.05, 4.69) is 22.8 Å². The molecule has 0 bridgehead atoms. The lowest BCUT2D eigenvalue weighted by Crippen LogP contribution is -2.50. The Hall–Kier alpha value is -2.56. The van der Waals surface area contributed by atoms with Gasteiger partial charge in [-0.25, -0.2) is 4.79 Å². The van der Waals surface area contributed by atoms with Crippen LogP contribution < -0.4 is 10.6 Å². The minimum Gasteiger partial charge on any atom is -0.447 e. The lowest BCUT2D eigenvalue weighted by Gasteiger charge is -2.24. The Morgan fingerprint density at radius 2 is 1.54 bits per heavy atom. The average Bonchev–Trinajstić information content (AvgIpc) is 2.58. The van der Waals surface area contributed by atoms with E-state index >= 15 is 0 Å². The standard InChI is InChI=1S/C21H28N2O3/c1-13(2)19(23-21(25)26-14(3)4)20(24)22-15(5)17-11-10-16-8-6-7-9-18(16)12-17/h6-15,19H,1-5H3,(H,22,24)(H,23,25)/t15-,19+/m1/s1. The highest BCUT2D eigenvalue weighted by molar-refractivity contribution is 5.87. The first-order valence-electron chi connectivity index (χ1n) is 9.04. The van der Waals surface area contributed by atoms with Gasteiger partial charge in [0.05, 0.1) is 12.1 Å². The van der Waals surface area contributed by atoms with Gasteiger partial charge in [0.15, 0.2) is 0 Å². The lowest BCUT2D eigenvalue weighted by molar-refractivity contribution is -0.124. The van der Waals surface area contributed by atoms with E-state index in [9.17, 15) is 9.59 Å². The van der Waals surface area contributed by atoms with Crippen molar-refractivity contribution in [2.24, 2.45) is 5.92 Å². The summed E-state index contributed by atoms with van der Waals surface area (Å²) in [6.07, 6.45) is -0.811. The van der Waals surface area contributed by atoms with Gasteiger partial charge in [0.2, 0.25) is 5.91 Å². The van der Waals surface area contributed by atoms with Crippen LogP contribution in [0.4, 0.5) is 4.79 Å². The van der Waals surface area contributed by atoms with E-state index in [-0.39, 0.29) is 24.0 Å². The predicted octanol–water partition coefficient (Wildman–Crippen LogP) is 4.18. The number of hydrogen-bond acceptors (Lipinski definition) is 3. The van der Waals surface area contributed by atoms with Crippen LogP contribution in [0.3, 0.4) is 0 Å². The van der Waals surface area contributed by atoms with Crippen LogP contribution in [-0.2, 0) is 9.53 Å². The summed E-state index contributed by atoms with van der Waals surface area (Å²) in [5, 5.41) is 7.94. The molecule has 0 radical (unpaired) electrons. The van der Waals surface area contributed by atoms with Crippen LogP contribution in [0.5, 0.6) is 0 Å². The first-order valence-corrected chi connectivity index (χ1v) is 9.04. The van der Waals surface area contributed by atoms with Crippen LogP contribution in [0, 0.1) is 5.92 Å². The Balaban J connectivity index is 2.07.